The van der Waals surface area contributed by atoms with Gasteiger partial charge in [-0.3, -0.25) is 4.79 Å². The number of aliphatic hydroxyl groups is 5. The highest BCUT2D eigenvalue weighted by molar-refractivity contribution is 5.91. The Labute approximate surface area is 103 Å². The molecule has 9 heteroatoms. The van der Waals surface area contributed by atoms with Crippen molar-refractivity contribution >= 4 is 5.78 Å². The number of ketones is 1. The van der Waals surface area contributed by atoms with E-state index in [2.05, 4.69) is 0 Å². The molecule has 6 atom stereocenters. The van der Waals surface area contributed by atoms with Crippen LogP contribution >= 0.6 is 0 Å². The lowest BCUT2D eigenvalue weighted by molar-refractivity contribution is -0.298. The topological polar surface area (TPSA) is 179 Å². The van der Waals surface area contributed by atoms with E-state index in [1.165, 1.54) is 0 Å². The van der Waals surface area contributed by atoms with Crippen molar-refractivity contribution in [3.8, 4) is 0 Å². The first-order chi connectivity index (χ1) is 8.29. The molecule has 0 aliphatic carbocycles. The van der Waals surface area contributed by atoms with Crippen molar-refractivity contribution in [3.05, 3.63) is 0 Å². The molecule has 1 fully saturated rings. The second-order valence-electron chi connectivity index (χ2n) is 4.20. The summed E-state index contributed by atoms with van der Waals surface area (Å²) in [6, 6.07) is -3.11. The Morgan fingerprint density at radius 3 is 2.33 bits per heavy atom. The summed E-state index contributed by atoms with van der Waals surface area (Å²) in [5.41, 5.74) is 10.7. The Balaban J connectivity index is 3.02. The number of hydrogen-bond acceptors (Lipinski definition) is 9. The summed E-state index contributed by atoms with van der Waals surface area (Å²) in [5, 5.41) is 46.8. The average Bonchev–Trinajstić information content (AvgIpc) is 2.38. The third-order valence-electron chi connectivity index (χ3n) is 2.95. The molecule has 106 valence electrons. The second-order valence-corrected chi connectivity index (χ2v) is 4.20. The molecule has 1 heterocycles. The van der Waals surface area contributed by atoms with E-state index in [-0.39, 0.29) is 0 Å². The molecule has 1 saturated heterocycles. The quantitative estimate of drug-likeness (QED) is 0.262. The molecular weight excluding hydrogens is 248 g/mol. The molecule has 0 saturated carbocycles. The Hall–Kier alpha value is -0.650. The number of aliphatic hydroxyl groups excluding tert-OH is 4. The lowest BCUT2D eigenvalue weighted by Crippen LogP contribution is -2.73. The Bertz CT molecular complexity index is 313. The zero-order valence-electron chi connectivity index (χ0n) is 9.51. The number of nitrogens with two attached hydrogens (primary N) is 2. The maximum Gasteiger partial charge on any atom is 0.247 e. The van der Waals surface area contributed by atoms with Crippen LogP contribution in [0.5, 0.6) is 0 Å². The van der Waals surface area contributed by atoms with Gasteiger partial charge < -0.3 is 41.7 Å². The Morgan fingerprint density at radius 1 is 1.33 bits per heavy atom. The lowest BCUT2D eigenvalue weighted by atomic mass is 9.86. The minimum absolute atomic E-state index is 0.741. The third-order valence-corrected chi connectivity index (χ3v) is 2.95. The number of Topliss-reactive ketones (excluding diaryl/α,β-unsaturated/α-hetero) is 1. The minimum Gasteiger partial charge on any atom is -0.394 e. The van der Waals surface area contributed by atoms with Crippen LogP contribution in [0.2, 0.25) is 0 Å². The van der Waals surface area contributed by atoms with E-state index in [0.717, 1.165) is 0 Å². The maximum atomic E-state index is 11.8. The molecule has 1 unspecified atom stereocenters. The first-order valence-electron chi connectivity index (χ1n) is 5.33. The van der Waals surface area contributed by atoms with Gasteiger partial charge in [-0.05, 0) is 0 Å². The van der Waals surface area contributed by atoms with Crippen molar-refractivity contribution in [2.75, 3.05) is 13.2 Å². The van der Waals surface area contributed by atoms with Crippen LogP contribution in [0.1, 0.15) is 0 Å². The summed E-state index contributed by atoms with van der Waals surface area (Å²) >= 11 is 0. The van der Waals surface area contributed by atoms with E-state index < -0.39 is 55.2 Å². The van der Waals surface area contributed by atoms with Crippen LogP contribution in [-0.4, -0.2) is 80.7 Å². The van der Waals surface area contributed by atoms with Crippen LogP contribution in [0.3, 0.4) is 0 Å². The molecule has 1 aliphatic heterocycles. The summed E-state index contributed by atoms with van der Waals surface area (Å²) in [6.45, 7) is -1.49. The van der Waals surface area contributed by atoms with Gasteiger partial charge in [0.05, 0.1) is 25.3 Å². The molecule has 0 aromatic rings. The predicted octanol–water partition coefficient (Wildman–Crippen LogP) is -5.00. The molecule has 0 amide bonds. The van der Waals surface area contributed by atoms with Gasteiger partial charge in [-0.1, -0.05) is 0 Å². The fourth-order valence-corrected chi connectivity index (χ4v) is 1.76. The highest BCUT2D eigenvalue weighted by Crippen LogP contribution is 2.28. The zero-order valence-corrected chi connectivity index (χ0v) is 9.51. The Kier molecular flexibility index (Phi) is 4.75. The minimum atomic E-state index is -2.67. The van der Waals surface area contributed by atoms with E-state index in [0.29, 0.717) is 0 Å². The van der Waals surface area contributed by atoms with Gasteiger partial charge in [0.25, 0.3) is 0 Å². The maximum absolute atomic E-state index is 11.8. The second kappa shape index (κ2) is 5.55. The third kappa shape index (κ3) is 2.39. The predicted molar refractivity (Wildman–Crippen MR) is 57.0 cm³/mol. The molecule has 0 aromatic heterocycles. The molecular formula is C9H18N2O7. The molecule has 1 rings (SSSR count). The molecule has 18 heavy (non-hydrogen) atoms. The van der Waals surface area contributed by atoms with Gasteiger partial charge in [0.1, 0.15) is 18.3 Å². The van der Waals surface area contributed by atoms with Crippen molar-refractivity contribution in [1.82, 2.24) is 0 Å². The van der Waals surface area contributed by atoms with Gasteiger partial charge in [-0.2, -0.15) is 0 Å². The number of carbonyl (C=O) groups is 1. The number of hydrogen-bond donors (Lipinski definition) is 7. The van der Waals surface area contributed by atoms with E-state index >= 15 is 0 Å². The van der Waals surface area contributed by atoms with Gasteiger partial charge >= 0.3 is 0 Å². The summed E-state index contributed by atoms with van der Waals surface area (Å²) in [7, 11) is 0. The molecule has 1 aliphatic rings. The number of ether oxygens (including phenoxy) is 1. The Morgan fingerprint density at radius 2 is 1.89 bits per heavy atom. The van der Waals surface area contributed by atoms with Crippen LogP contribution in [0.4, 0.5) is 0 Å². The van der Waals surface area contributed by atoms with Crippen molar-refractivity contribution in [3.63, 3.8) is 0 Å². The lowest BCUT2D eigenvalue weighted by Gasteiger charge is -2.45. The van der Waals surface area contributed by atoms with Crippen LogP contribution in [0, 0.1) is 0 Å². The van der Waals surface area contributed by atoms with Gasteiger partial charge in [-0.15, -0.1) is 0 Å². The van der Waals surface area contributed by atoms with Gasteiger partial charge in [0.15, 0.2) is 0 Å². The summed E-state index contributed by atoms with van der Waals surface area (Å²) in [5.74, 6) is -3.81. The smallest absolute Gasteiger partial charge is 0.247 e. The first kappa shape index (κ1) is 15.4. The number of rotatable bonds is 4. The fourth-order valence-electron chi connectivity index (χ4n) is 1.76. The van der Waals surface area contributed by atoms with Crippen molar-refractivity contribution in [2.45, 2.75) is 36.2 Å². The van der Waals surface area contributed by atoms with E-state index in [1.54, 1.807) is 0 Å². The number of carbonyl (C=O) groups excluding carboxylic acids is 1. The normalized spacial score (nSPS) is 42.6. The summed E-state index contributed by atoms with van der Waals surface area (Å²) in [6.07, 6.45) is -4.63. The molecule has 0 spiro atoms. The first-order valence-corrected chi connectivity index (χ1v) is 5.33. The molecule has 0 bridgehead atoms. The fraction of sp³-hybridized carbons (Fsp3) is 0.889. The zero-order chi connectivity index (χ0) is 14.1. The van der Waals surface area contributed by atoms with Crippen LogP contribution in [-0.2, 0) is 9.53 Å². The highest BCUT2D eigenvalue weighted by Gasteiger charge is 2.56. The van der Waals surface area contributed by atoms with E-state index in [9.17, 15) is 20.1 Å². The molecule has 9 nitrogen and oxygen atoms in total. The van der Waals surface area contributed by atoms with Crippen LogP contribution in [0.15, 0.2) is 0 Å². The molecule has 9 N–H and O–H groups in total. The van der Waals surface area contributed by atoms with E-state index in [4.69, 9.17) is 26.4 Å². The SMILES string of the molecule is N[C@@H]1[C@@H](O)[C@H](O)[C@@H](CO)OC1(O)C(=O)[C@@H](N)CO. The summed E-state index contributed by atoms with van der Waals surface area (Å²) < 4.78 is 4.83. The van der Waals surface area contributed by atoms with Gasteiger partial charge in [0, 0.05) is 0 Å². The highest BCUT2D eigenvalue weighted by atomic mass is 16.7. The standard InChI is InChI=1S/C9H18N2O7/c10-3(1-12)8(16)9(17)7(11)6(15)5(14)4(2-13)18-9/h3-7,12-15,17H,1-2,10-11H2/t3-,4+,5+,6-,7+,9?/m0/s1. The van der Waals surface area contributed by atoms with Gasteiger partial charge in [0.2, 0.25) is 11.6 Å². The van der Waals surface area contributed by atoms with Crippen molar-refractivity contribution < 1.29 is 35.1 Å². The monoisotopic (exact) mass is 266 g/mol. The van der Waals surface area contributed by atoms with Crippen LogP contribution in [0.25, 0.3) is 0 Å². The van der Waals surface area contributed by atoms with E-state index in [1.807, 2.05) is 0 Å². The van der Waals surface area contributed by atoms with Gasteiger partial charge in [-0.25, -0.2) is 0 Å². The molecule has 0 radical (unpaired) electrons. The van der Waals surface area contributed by atoms with Crippen molar-refractivity contribution in [2.24, 2.45) is 11.5 Å². The van der Waals surface area contributed by atoms with Crippen LogP contribution < -0.4 is 11.5 Å². The largest absolute Gasteiger partial charge is 0.394 e. The van der Waals surface area contributed by atoms with Crippen molar-refractivity contribution in [1.29, 1.82) is 0 Å². The summed E-state index contributed by atoms with van der Waals surface area (Å²) in [4.78, 5) is 11.8. The molecule has 0 aromatic carbocycles. The average molecular weight is 266 g/mol.